The smallest absolute Gasteiger partial charge is 0.279 e. The van der Waals surface area contributed by atoms with Crippen LogP contribution in [0.1, 0.15) is 47.3 Å². The van der Waals surface area contributed by atoms with E-state index in [-0.39, 0.29) is 16.9 Å². The molecule has 3 aliphatic rings. The molecule has 1 amide bonds. The first kappa shape index (κ1) is 22.1. The highest BCUT2D eigenvalue weighted by atomic mass is 16.6. The Kier molecular flexibility index (Phi) is 5.06. The highest BCUT2D eigenvalue weighted by molar-refractivity contribution is 6.05. The van der Waals surface area contributed by atoms with Gasteiger partial charge in [0.2, 0.25) is 0 Å². The molecule has 1 aromatic heterocycles. The van der Waals surface area contributed by atoms with Gasteiger partial charge in [-0.1, -0.05) is 49.2 Å². The van der Waals surface area contributed by atoms with E-state index in [1.54, 1.807) is 6.07 Å². The lowest BCUT2D eigenvalue weighted by atomic mass is 9.73. The molecule has 1 spiro atoms. The standard InChI is InChI=1S/C30H27N3O4/c34-28-23-11-5-4-10-22(23)27(31-33(28)21-8-2-1-3-9-21)29(35)32-18-20-16-25-26(37-15-14-36-25)17-24(20)30(19-32)12-6-7-13-30/h1-5,8-11,16-17H,6-7,12-15,18-19H2. The van der Waals surface area contributed by atoms with Gasteiger partial charge in [0.1, 0.15) is 13.2 Å². The van der Waals surface area contributed by atoms with Gasteiger partial charge < -0.3 is 14.4 Å². The Labute approximate surface area is 214 Å². The van der Waals surface area contributed by atoms with Crippen LogP contribution in [0.5, 0.6) is 11.5 Å². The van der Waals surface area contributed by atoms with Crippen LogP contribution >= 0.6 is 0 Å². The highest BCUT2D eigenvalue weighted by Gasteiger charge is 2.44. The Hall–Kier alpha value is -4.13. The van der Waals surface area contributed by atoms with Gasteiger partial charge in [0.25, 0.3) is 11.5 Å². The van der Waals surface area contributed by atoms with Crippen molar-refractivity contribution in [2.24, 2.45) is 0 Å². The Morgan fingerprint density at radius 1 is 0.865 bits per heavy atom. The number of nitrogens with zero attached hydrogens (tertiary/aromatic N) is 3. The maximum absolute atomic E-state index is 14.2. The number of hydrogen-bond acceptors (Lipinski definition) is 5. The Morgan fingerprint density at radius 2 is 1.54 bits per heavy atom. The number of aromatic nitrogens is 2. The molecule has 0 N–H and O–H groups in total. The Morgan fingerprint density at radius 3 is 2.30 bits per heavy atom. The molecule has 4 aromatic rings. The summed E-state index contributed by atoms with van der Waals surface area (Å²) >= 11 is 0. The highest BCUT2D eigenvalue weighted by Crippen LogP contribution is 2.49. The average molecular weight is 494 g/mol. The molecule has 7 heteroatoms. The van der Waals surface area contributed by atoms with Gasteiger partial charge >= 0.3 is 0 Å². The van der Waals surface area contributed by atoms with Gasteiger partial charge in [-0.2, -0.15) is 9.78 Å². The number of carbonyl (C=O) groups is 1. The fourth-order valence-electron chi connectivity index (χ4n) is 6.33. The van der Waals surface area contributed by atoms with Gasteiger partial charge in [-0.3, -0.25) is 9.59 Å². The number of fused-ring (bicyclic) bond motifs is 4. The van der Waals surface area contributed by atoms with Crippen LogP contribution in [0.2, 0.25) is 0 Å². The summed E-state index contributed by atoms with van der Waals surface area (Å²) in [7, 11) is 0. The second-order valence-corrected chi connectivity index (χ2v) is 10.2. The fourth-order valence-corrected chi connectivity index (χ4v) is 6.33. The van der Waals surface area contributed by atoms with Crippen LogP contribution in [-0.4, -0.2) is 40.3 Å². The number of carbonyl (C=O) groups excluding carboxylic acids is 1. The van der Waals surface area contributed by atoms with Gasteiger partial charge in [-0.05, 0) is 54.3 Å². The van der Waals surface area contributed by atoms with E-state index in [4.69, 9.17) is 9.47 Å². The molecule has 0 saturated heterocycles. The predicted molar refractivity (Wildman–Crippen MR) is 140 cm³/mol. The number of ether oxygens (including phenoxy) is 2. The molecular formula is C30H27N3O4. The minimum Gasteiger partial charge on any atom is -0.486 e. The normalized spacial score (nSPS) is 17.7. The summed E-state index contributed by atoms with van der Waals surface area (Å²) in [5, 5.41) is 5.72. The number of para-hydroxylation sites is 1. The second-order valence-electron chi connectivity index (χ2n) is 10.2. The van der Waals surface area contributed by atoms with E-state index >= 15 is 0 Å². The maximum Gasteiger partial charge on any atom is 0.279 e. The predicted octanol–water partition coefficient (Wildman–Crippen LogP) is 4.62. The lowest BCUT2D eigenvalue weighted by Crippen LogP contribution is -2.47. The third kappa shape index (κ3) is 3.52. The van der Waals surface area contributed by atoms with Crippen LogP contribution in [0, 0.1) is 0 Å². The molecule has 7 nitrogen and oxygen atoms in total. The van der Waals surface area contributed by atoms with Gasteiger partial charge in [0, 0.05) is 23.9 Å². The van der Waals surface area contributed by atoms with E-state index < -0.39 is 0 Å². The molecule has 3 heterocycles. The monoisotopic (exact) mass is 493 g/mol. The van der Waals surface area contributed by atoms with Crippen LogP contribution in [0.15, 0.2) is 71.5 Å². The molecule has 37 heavy (non-hydrogen) atoms. The molecule has 1 aliphatic carbocycles. The molecule has 1 saturated carbocycles. The van der Waals surface area contributed by atoms with Crippen LogP contribution in [0.25, 0.3) is 16.5 Å². The van der Waals surface area contributed by atoms with Crippen molar-refractivity contribution in [1.82, 2.24) is 14.7 Å². The molecule has 186 valence electrons. The van der Waals surface area contributed by atoms with Crippen molar-refractivity contribution in [2.45, 2.75) is 37.6 Å². The zero-order chi connectivity index (χ0) is 25.0. The van der Waals surface area contributed by atoms with Gasteiger partial charge in [-0.15, -0.1) is 0 Å². The summed E-state index contributed by atoms with van der Waals surface area (Å²) in [6, 6.07) is 20.7. The van der Waals surface area contributed by atoms with Crippen molar-refractivity contribution >= 4 is 16.7 Å². The molecule has 7 rings (SSSR count). The van der Waals surface area contributed by atoms with E-state index in [9.17, 15) is 9.59 Å². The average Bonchev–Trinajstić information content (AvgIpc) is 3.41. The number of benzene rings is 3. The van der Waals surface area contributed by atoms with E-state index in [0.29, 0.717) is 48.5 Å². The third-order valence-corrected chi connectivity index (χ3v) is 8.05. The van der Waals surface area contributed by atoms with Gasteiger partial charge in [0.05, 0.1) is 11.1 Å². The van der Waals surface area contributed by atoms with Crippen LogP contribution < -0.4 is 15.0 Å². The molecular weight excluding hydrogens is 466 g/mol. The first-order valence-corrected chi connectivity index (χ1v) is 12.9. The molecule has 0 bridgehead atoms. The van der Waals surface area contributed by atoms with Crippen LogP contribution in [0.4, 0.5) is 0 Å². The summed E-state index contributed by atoms with van der Waals surface area (Å²) in [6.45, 7) is 2.17. The Balaban J connectivity index is 1.36. The largest absolute Gasteiger partial charge is 0.486 e. The third-order valence-electron chi connectivity index (χ3n) is 8.05. The number of rotatable bonds is 2. The Bertz CT molecular complexity index is 1590. The molecule has 1 fully saturated rings. The van der Waals surface area contributed by atoms with E-state index in [2.05, 4.69) is 17.2 Å². The summed E-state index contributed by atoms with van der Waals surface area (Å²) < 4.78 is 13.1. The first-order chi connectivity index (χ1) is 18.1. The van der Waals surface area contributed by atoms with Crippen LogP contribution in [0.3, 0.4) is 0 Å². The first-order valence-electron chi connectivity index (χ1n) is 12.9. The second kappa shape index (κ2) is 8.47. The van der Waals surface area contributed by atoms with Crippen molar-refractivity contribution < 1.29 is 14.3 Å². The van der Waals surface area contributed by atoms with Crippen molar-refractivity contribution in [3.63, 3.8) is 0 Å². The van der Waals surface area contributed by atoms with Gasteiger partial charge in [0.15, 0.2) is 17.2 Å². The lowest BCUT2D eigenvalue weighted by Gasteiger charge is -2.42. The van der Waals surface area contributed by atoms with Crippen molar-refractivity contribution in [3.8, 4) is 17.2 Å². The summed E-state index contributed by atoms with van der Waals surface area (Å²) in [6.07, 6.45) is 4.33. The number of amides is 1. The van der Waals surface area contributed by atoms with E-state index in [0.717, 1.165) is 42.7 Å². The summed E-state index contributed by atoms with van der Waals surface area (Å²) in [5.41, 5.74) is 2.97. The van der Waals surface area contributed by atoms with Gasteiger partial charge in [-0.25, -0.2) is 0 Å². The summed E-state index contributed by atoms with van der Waals surface area (Å²) in [4.78, 5) is 29.5. The van der Waals surface area contributed by atoms with Crippen molar-refractivity contribution in [3.05, 3.63) is 93.9 Å². The number of hydrogen-bond donors (Lipinski definition) is 0. The minimum absolute atomic E-state index is 0.108. The zero-order valence-electron chi connectivity index (χ0n) is 20.5. The van der Waals surface area contributed by atoms with Crippen LogP contribution in [-0.2, 0) is 12.0 Å². The zero-order valence-corrected chi connectivity index (χ0v) is 20.5. The SMILES string of the molecule is O=C(c1nn(-c2ccccc2)c(=O)c2ccccc12)N1Cc2cc3c(cc2C2(CCCC2)C1)OCCO3. The van der Waals surface area contributed by atoms with Crippen molar-refractivity contribution in [1.29, 1.82) is 0 Å². The van der Waals surface area contributed by atoms with E-state index in [1.165, 1.54) is 10.2 Å². The molecule has 0 atom stereocenters. The quantitative estimate of drug-likeness (QED) is 0.407. The lowest BCUT2D eigenvalue weighted by molar-refractivity contribution is 0.0663. The molecule has 2 aliphatic heterocycles. The van der Waals surface area contributed by atoms with Crippen molar-refractivity contribution in [2.75, 3.05) is 19.8 Å². The minimum atomic E-state index is -0.238. The molecule has 0 radical (unpaired) electrons. The molecule has 0 unspecified atom stereocenters. The fraction of sp³-hybridized carbons (Fsp3) is 0.300. The molecule has 3 aromatic carbocycles. The summed E-state index contributed by atoms with van der Waals surface area (Å²) in [5.74, 6) is 1.39. The topological polar surface area (TPSA) is 73.7 Å². The maximum atomic E-state index is 14.2. The van der Waals surface area contributed by atoms with E-state index in [1.807, 2.05) is 53.4 Å².